The normalized spacial score (nSPS) is 12.2. The van der Waals surface area contributed by atoms with Gasteiger partial charge < -0.3 is 10.1 Å². The predicted octanol–water partition coefficient (Wildman–Crippen LogP) is 3.77. The van der Waals surface area contributed by atoms with Crippen LogP contribution in [0.4, 0.5) is 0 Å². The van der Waals surface area contributed by atoms with E-state index >= 15 is 0 Å². The Kier molecular flexibility index (Phi) is 4.17. The molecule has 100 valence electrons. The zero-order valence-electron chi connectivity index (χ0n) is 11.9. The van der Waals surface area contributed by atoms with E-state index < -0.39 is 0 Å². The van der Waals surface area contributed by atoms with Gasteiger partial charge in [-0.25, -0.2) is 4.98 Å². The lowest BCUT2D eigenvalue weighted by molar-refractivity contribution is 0.457. The Balaban J connectivity index is 2.23. The van der Waals surface area contributed by atoms with Gasteiger partial charge in [0.15, 0.2) is 0 Å². The molecule has 1 aromatic heterocycles. The first kappa shape index (κ1) is 13.6. The number of ether oxygens (including phenoxy) is 1. The van der Waals surface area contributed by atoms with Crippen molar-refractivity contribution in [3.05, 3.63) is 53.2 Å². The molecule has 1 heterocycles. The van der Waals surface area contributed by atoms with Crippen LogP contribution in [0.5, 0.6) is 11.6 Å². The van der Waals surface area contributed by atoms with Crippen molar-refractivity contribution >= 4 is 0 Å². The van der Waals surface area contributed by atoms with Gasteiger partial charge >= 0.3 is 0 Å². The van der Waals surface area contributed by atoms with Crippen LogP contribution in [0.25, 0.3) is 0 Å². The van der Waals surface area contributed by atoms with Crippen LogP contribution in [0.15, 0.2) is 36.5 Å². The standard InChI is InChI=1S/C16H20N2O/c1-11-5-6-15(12(2)9-11)19-16-10-14(7-8-18-16)13(3)17-4/h5-10,13,17H,1-4H3. The number of hydrogen-bond donors (Lipinski definition) is 1. The number of nitrogens with zero attached hydrogens (tertiary/aromatic N) is 1. The summed E-state index contributed by atoms with van der Waals surface area (Å²) >= 11 is 0. The summed E-state index contributed by atoms with van der Waals surface area (Å²) in [6, 6.07) is 10.4. The Morgan fingerprint density at radius 1 is 1.16 bits per heavy atom. The van der Waals surface area contributed by atoms with E-state index in [0.29, 0.717) is 5.88 Å². The quantitative estimate of drug-likeness (QED) is 0.904. The van der Waals surface area contributed by atoms with Crippen molar-refractivity contribution in [2.45, 2.75) is 26.8 Å². The van der Waals surface area contributed by atoms with Crippen molar-refractivity contribution < 1.29 is 4.74 Å². The van der Waals surface area contributed by atoms with Crippen molar-refractivity contribution in [3.8, 4) is 11.6 Å². The van der Waals surface area contributed by atoms with Crippen LogP contribution >= 0.6 is 0 Å². The fourth-order valence-electron chi connectivity index (χ4n) is 1.94. The SMILES string of the molecule is CNC(C)c1ccnc(Oc2ccc(C)cc2C)c1. The van der Waals surface area contributed by atoms with Crippen molar-refractivity contribution in [1.29, 1.82) is 0 Å². The fraction of sp³-hybridized carbons (Fsp3) is 0.312. The third-order valence-electron chi connectivity index (χ3n) is 3.24. The van der Waals surface area contributed by atoms with Gasteiger partial charge in [-0.05, 0) is 51.1 Å². The van der Waals surface area contributed by atoms with Crippen molar-refractivity contribution in [2.24, 2.45) is 0 Å². The molecule has 3 nitrogen and oxygen atoms in total. The second-order valence-corrected chi connectivity index (χ2v) is 4.81. The smallest absolute Gasteiger partial charge is 0.219 e. The van der Waals surface area contributed by atoms with Crippen molar-refractivity contribution in [1.82, 2.24) is 10.3 Å². The van der Waals surface area contributed by atoms with E-state index in [2.05, 4.69) is 30.2 Å². The highest BCUT2D eigenvalue weighted by Crippen LogP contribution is 2.25. The number of benzene rings is 1. The van der Waals surface area contributed by atoms with E-state index in [4.69, 9.17) is 4.74 Å². The molecule has 1 unspecified atom stereocenters. The van der Waals surface area contributed by atoms with E-state index in [1.807, 2.05) is 38.2 Å². The topological polar surface area (TPSA) is 34.2 Å². The number of hydrogen-bond acceptors (Lipinski definition) is 3. The molecular weight excluding hydrogens is 236 g/mol. The lowest BCUT2D eigenvalue weighted by Gasteiger charge is -2.13. The zero-order chi connectivity index (χ0) is 13.8. The summed E-state index contributed by atoms with van der Waals surface area (Å²) in [6.07, 6.45) is 1.78. The van der Waals surface area contributed by atoms with Gasteiger partial charge in [-0.2, -0.15) is 0 Å². The molecule has 1 atom stereocenters. The third kappa shape index (κ3) is 3.32. The summed E-state index contributed by atoms with van der Waals surface area (Å²) in [7, 11) is 1.94. The first-order chi connectivity index (χ1) is 9.10. The van der Waals surface area contributed by atoms with Crippen LogP contribution in [-0.2, 0) is 0 Å². The summed E-state index contributed by atoms with van der Waals surface area (Å²) in [5.41, 5.74) is 3.52. The Hall–Kier alpha value is -1.87. The molecular formula is C16H20N2O. The number of rotatable bonds is 4. The van der Waals surface area contributed by atoms with Gasteiger partial charge in [0.25, 0.3) is 0 Å². The molecule has 0 saturated heterocycles. The molecule has 0 aliphatic carbocycles. The van der Waals surface area contributed by atoms with E-state index in [1.165, 1.54) is 5.56 Å². The lowest BCUT2D eigenvalue weighted by Crippen LogP contribution is -2.12. The Morgan fingerprint density at radius 2 is 1.95 bits per heavy atom. The molecule has 0 radical (unpaired) electrons. The van der Waals surface area contributed by atoms with Gasteiger partial charge in [0, 0.05) is 18.3 Å². The third-order valence-corrected chi connectivity index (χ3v) is 3.24. The number of pyridine rings is 1. The first-order valence-electron chi connectivity index (χ1n) is 6.48. The molecule has 19 heavy (non-hydrogen) atoms. The van der Waals surface area contributed by atoms with Crippen LogP contribution in [0.1, 0.15) is 29.7 Å². The summed E-state index contributed by atoms with van der Waals surface area (Å²) in [4.78, 5) is 4.26. The maximum atomic E-state index is 5.86. The largest absolute Gasteiger partial charge is 0.439 e. The molecule has 0 amide bonds. The molecule has 1 N–H and O–H groups in total. The second kappa shape index (κ2) is 5.85. The molecule has 3 heteroatoms. The summed E-state index contributed by atoms with van der Waals surface area (Å²) < 4.78 is 5.86. The Labute approximate surface area is 114 Å². The maximum absolute atomic E-state index is 5.86. The van der Waals surface area contributed by atoms with E-state index in [1.54, 1.807) is 6.20 Å². The van der Waals surface area contributed by atoms with E-state index in [9.17, 15) is 0 Å². The van der Waals surface area contributed by atoms with Crippen LogP contribution < -0.4 is 10.1 Å². The summed E-state index contributed by atoms with van der Waals surface area (Å²) in [5, 5.41) is 3.21. The van der Waals surface area contributed by atoms with E-state index in [0.717, 1.165) is 16.9 Å². The highest BCUT2D eigenvalue weighted by molar-refractivity contribution is 5.38. The number of nitrogens with one attached hydrogen (secondary N) is 1. The molecule has 0 bridgehead atoms. The molecule has 2 aromatic rings. The van der Waals surface area contributed by atoms with E-state index in [-0.39, 0.29) is 6.04 Å². The Morgan fingerprint density at radius 3 is 2.63 bits per heavy atom. The fourth-order valence-corrected chi connectivity index (χ4v) is 1.94. The van der Waals surface area contributed by atoms with Gasteiger partial charge in [-0.1, -0.05) is 17.7 Å². The van der Waals surface area contributed by atoms with Gasteiger partial charge in [0.05, 0.1) is 0 Å². The Bertz CT molecular complexity index is 566. The number of aryl methyl sites for hydroxylation is 2. The highest BCUT2D eigenvalue weighted by atomic mass is 16.5. The maximum Gasteiger partial charge on any atom is 0.219 e. The predicted molar refractivity (Wildman–Crippen MR) is 77.7 cm³/mol. The van der Waals surface area contributed by atoms with Gasteiger partial charge in [0.2, 0.25) is 5.88 Å². The lowest BCUT2D eigenvalue weighted by atomic mass is 10.1. The van der Waals surface area contributed by atoms with Gasteiger partial charge in [-0.3, -0.25) is 0 Å². The molecule has 0 aliphatic rings. The summed E-state index contributed by atoms with van der Waals surface area (Å²) in [5.74, 6) is 1.49. The zero-order valence-corrected chi connectivity index (χ0v) is 11.9. The molecule has 0 saturated carbocycles. The minimum Gasteiger partial charge on any atom is -0.439 e. The van der Waals surface area contributed by atoms with Gasteiger partial charge in [0.1, 0.15) is 5.75 Å². The second-order valence-electron chi connectivity index (χ2n) is 4.81. The minimum atomic E-state index is 0.282. The average Bonchev–Trinajstić information content (AvgIpc) is 2.41. The molecule has 2 rings (SSSR count). The van der Waals surface area contributed by atoms with Crippen LogP contribution in [0, 0.1) is 13.8 Å². The van der Waals surface area contributed by atoms with Crippen LogP contribution in [0.3, 0.4) is 0 Å². The highest BCUT2D eigenvalue weighted by Gasteiger charge is 2.07. The molecule has 0 fully saturated rings. The van der Waals surface area contributed by atoms with Crippen LogP contribution in [0.2, 0.25) is 0 Å². The van der Waals surface area contributed by atoms with Crippen molar-refractivity contribution in [3.63, 3.8) is 0 Å². The van der Waals surface area contributed by atoms with Crippen molar-refractivity contribution in [2.75, 3.05) is 7.05 Å². The monoisotopic (exact) mass is 256 g/mol. The summed E-state index contributed by atoms with van der Waals surface area (Å²) in [6.45, 7) is 6.23. The van der Waals surface area contributed by atoms with Gasteiger partial charge in [-0.15, -0.1) is 0 Å². The molecule has 1 aromatic carbocycles. The average molecular weight is 256 g/mol. The molecule has 0 spiro atoms. The van der Waals surface area contributed by atoms with Crippen LogP contribution in [-0.4, -0.2) is 12.0 Å². The number of aromatic nitrogens is 1. The first-order valence-corrected chi connectivity index (χ1v) is 6.48. The minimum absolute atomic E-state index is 0.282. The molecule has 0 aliphatic heterocycles.